The fraction of sp³-hybridized carbons (Fsp3) is 0.400. The van der Waals surface area contributed by atoms with E-state index in [1.807, 2.05) is 43.3 Å². The minimum Gasteiger partial charge on any atom is -0.441 e. The molecule has 0 bridgehead atoms. The summed E-state index contributed by atoms with van der Waals surface area (Å²) in [5.74, 6) is 1.55. The molecule has 2 heterocycles. The van der Waals surface area contributed by atoms with Crippen molar-refractivity contribution in [3.63, 3.8) is 0 Å². The van der Waals surface area contributed by atoms with Crippen LogP contribution >= 0.6 is 0 Å². The van der Waals surface area contributed by atoms with E-state index >= 15 is 0 Å². The lowest BCUT2D eigenvalue weighted by Crippen LogP contribution is -2.30. The van der Waals surface area contributed by atoms with Crippen molar-refractivity contribution in [1.29, 1.82) is 0 Å². The Hall–Kier alpha value is -2.44. The van der Waals surface area contributed by atoms with Crippen LogP contribution in [0.25, 0.3) is 22.6 Å². The summed E-state index contributed by atoms with van der Waals surface area (Å²) in [6.45, 7) is 5.58. The number of hydrogen-bond donors (Lipinski definition) is 0. The van der Waals surface area contributed by atoms with Crippen molar-refractivity contribution in [3.8, 4) is 22.6 Å². The molecule has 5 nitrogen and oxygen atoms in total. The van der Waals surface area contributed by atoms with Gasteiger partial charge in [-0.3, -0.25) is 0 Å². The molecule has 0 radical (unpaired) electrons. The molecule has 0 saturated carbocycles. The van der Waals surface area contributed by atoms with E-state index < -0.39 is 9.84 Å². The summed E-state index contributed by atoms with van der Waals surface area (Å²) in [7, 11) is -3.18. The van der Waals surface area contributed by atoms with Crippen LogP contribution in [0.1, 0.15) is 37.1 Å². The van der Waals surface area contributed by atoms with Crippen LogP contribution in [0.2, 0.25) is 0 Å². The third-order valence-corrected chi connectivity index (χ3v) is 7.11. The molecule has 1 aliphatic rings. The first-order valence-electron chi connectivity index (χ1n) is 11.0. The summed E-state index contributed by atoms with van der Waals surface area (Å²) in [5, 5.41) is 0. The van der Waals surface area contributed by atoms with Gasteiger partial charge in [-0.15, -0.1) is 0 Å². The van der Waals surface area contributed by atoms with Gasteiger partial charge in [-0.1, -0.05) is 30.7 Å². The molecule has 31 heavy (non-hydrogen) atoms. The molecular formula is C25H30N2O3S. The highest BCUT2D eigenvalue weighted by Gasteiger charge is 2.14. The van der Waals surface area contributed by atoms with Crippen molar-refractivity contribution in [2.24, 2.45) is 0 Å². The molecule has 0 N–H and O–H groups in total. The number of hydrogen-bond acceptors (Lipinski definition) is 5. The van der Waals surface area contributed by atoms with E-state index in [2.05, 4.69) is 4.90 Å². The van der Waals surface area contributed by atoms with Crippen molar-refractivity contribution in [3.05, 3.63) is 60.0 Å². The van der Waals surface area contributed by atoms with Crippen LogP contribution in [-0.2, 0) is 16.3 Å². The quantitative estimate of drug-likeness (QED) is 0.511. The van der Waals surface area contributed by atoms with Crippen molar-refractivity contribution < 1.29 is 12.8 Å². The van der Waals surface area contributed by atoms with E-state index in [0.29, 0.717) is 10.8 Å². The third-order valence-electron chi connectivity index (χ3n) is 5.98. The first kappa shape index (κ1) is 21.8. The Kier molecular flexibility index (Phi) is 6.58. The topological polar surface area (TPSA) is 63.4 Å². The maximum absolute atomic E-state index is 11.6. The van der Waals surface area contributed by atoms with Crippen molar-refractivity contribution in [2.45, 2.75) is 43.9 Å². The molecule has 0 spiro atoms. The molecule has 1 fully saturated rings. The molecule has 4 rings (SSSR count). The highest BCUT2D eigenvalue weighted by atomic mass is 32.2. The van der Waals surface area contributed by atoms with E-state index in [0.717, 1.165) is 47.5 Å². The second kappa shape index (κ2) is 9.37. The third kappa shape index (κ3) is 5.43. The maximum atomic E-state index is 11.6. The van der Waals surface area contributed by atoms with Crippen molar-refractivity contribution >= 4 is 9.84 Å². The SMILES string of the molecule is Cc1oc(-c2ccc(-c3ccc(S(C)(=O)=O)cc3)cc2)nc1CCCN1CCCCC1. The van der Waals surface area contributed by atoms with Gasteiger partial charge >= 0.3 is 0 Å². The van der Waals surface area contributed by atoms with Gasteiger partial charge in [-0.25, -0.2) is 13.4 Å². The number of piperidine rings is 1. The first-order valence-corrected chi connectivity index (χ1v) is 12.9. The molecule has 2 aromatic carbocycles. The van der Waals surface area contributed by atoms with Crippen LogP contribution in [0.5, 0.6) is 0 Å². The van der Waals surface area contributed by atoms with Gasteiger partial charge in [0.2, 0.25) is 5.89 Å². The smallest absolute Gasteiger partial charge is 0.226 e. The molecule has 164 valence electrons. The Morgan fingerprint density at radius 3 is 2.10 bits per heavy atom. The fourth-order valence-corrected chi connectivity index (χ4v) is 4.77. The van der Waals surface area contributed by atoms with E-state index in [1.165, 1.54) is 38.6 Å². The van der Waals surface area contributed by atoms with Crippen molar-refractivity contribution in [2.75, 3.05) is 25.9 Å². The monoisotopic (exact) mass is 438 g/mol. The summed E-state index contributed by atoms with van der Waals surface area (Å²) >= 11 is 0. The van der Waals surface area contributed by atoms with Gasteiger partial charge in [-0.2, -0.15) is 0 Å². The van der Waals surface area contributed by atoms with Crippen LogP contribution in [0.4, 0.5) is 0 Å². The zero-order chi connectivity index (χ0) is 21.8. The van der Waals surface area contributed by atoms with Crippen molar-refractivity contribution in [1.82, 2.24) is 9.88 Å². The number of benzene rings is 2. The van der Waals surface area contributed by atoms with Gasteiger partial charge in [0.15, 0.2) is 9.84 Å². The minimum atomic E-state index is -3.18. The van der Waals surface area contributed by atoms with Gasteiger partial charge in [0.25, 0.3) is 0 Å². The normalized spacial score (nSPS) is 15.3. The average molecular weight is 439 g/mol. The number of aryl methyl sites for hydroxylation is 2. The second-order valence-electron chi connectivity index (χ2n) is 8.40. The van der Waals surface area contributed by atoms with Gasteiger partial charge in [0.05, 0.1) is 10.6 Å². The molecule has 3 aromatic rings. The zero-order valence-corrected chi connectivity index (χ0v) is 19.1. The predicted octanol–water partition coefficient (Wildman–Crippen LogP) is 5.14. The molecular weight excluding hydrogens is 408 g/mol. The summed E-state index contributed by atoms with van der Waals surface area (Å²) in [4.78, 5) is 7.64. The molecule has 1 aromatic heterocycles. The number of rotatable bonds is 7. The fourth-order valence-electron chi connectivity index (χ4n) is 4.14. The lowest BCUT2D eigenvalue weighted by molar-refractivity contribution is 0.226. The largest absolute Gasteiger partial charge is 0.441 e. The molecule has 0 amide bonds. The summed E-state index contributed by atoms with van der Waals surface area (Å²) in [6.07, 6.45) is 7.28. The maximum Gasteiger partial charge on any atom is 0.226 e. The summed E-state index contributed by atoms with van der Waals surface area (Å²) in [5.41, 5.74) is 3.99. The number of likely N-dealkylation sites (tertiary alicyclic amines) is 1. The first-order chi connectivity index (χ1) is 14.9. The Morgan fingerprint density at radius 1 is 0.903 bits per heavy atom. The molecule has 1 aliphatic heterocycles. The van der Waals surface area contributed by atoms with E-state index in [1.54, 1.807) is 12.1 Å². The molecule has 0 unspecified atom stereocenters. The number of sulfone groups is 1. The van der Waals surface area contributed by atoms with E-state index in [9.17, 15) is 8.42 Å². The predicted molar refractivity (Wildman–Crippen MR) is 124 cm³/mol. The molecule has 6 heteroatoms. The minimum absolute atomic E-state index is 0.330. The Labute approximate surface area is 185 Å². The van der Waals surface area contributed by atoms with Crippen LogP contribution in [0.15, 0.2) is 57.8 Å². The van der Waals surface area contributed by atoms with E-state index in [4.69, 9.17) is 9.40 Å². The van der Waals surface area contributed by atoms with Crippen LogP contribution in [-0.4, -0.2) is 44.2 Å². The highest BCUT2D eigenvalue weighted by molar-refractivity contribution is 7.90. The van der Waals surface area contributed by atoms with Gasteiger partial charge < -0.3 is 9.32 Å². The van der Waals surface area contributed by atoms with Crippen LogP contribution < -0.4 is 0 Å². The molecule has 1 saturated heterocycles. The van der Waals surface area contributed by atoms with Gasteiger partial charge in [0, 0.05) is 11.8 Å². The lowest BCUT2D eigenvalue weighted by atomic mass is 10.0. The van der Waals surface area contributed by atoms with Crippen LogP contribution in [0, 0.1) is 6.92 Å². The zero-order valence-electron chi connectivity index (χ0n) is 18.3. The molecule has 0 aliphatic carbocycles. The number of oxazole rings is 1. The molecule has 0 atom stereocenters. The van der Waals surface area contributed by atoms with Gasteiger partial charge in [0.1, 0.15) is 5.76 Å². The second-order valence-corrected chi connectivity index (χ2v) is 10.4. The standard InChI is InChI=1S/C25H30N2O3S/c1-19-24(7-6-18-27-16-4-3-5-17-27)26-25(30-19)22-10-8-20(9-11-22)21-12-14-23(15-13-21)31(2,28)29/h8-15H,3-7,16-18H2,1-2H3. The Bertz CT molecular complexity index is 1110. The number of aromatic nitrogens is 1. The highest BCUT2D eigenvalue weighted by Crippen LogP contribution is 2.27. The van der Waals surface area contributed by atoms with Gasteiger partial charge in [-0.05, 0) is 87.6 Å². The Morgan fingerprint density at radius 2 is 1.48 bits per heavy atom. The Balaban J connectivity index is 1.41. The number of nitrogens with zero attached hydrogens (tertiary/aromatic N) is 2. The average Bonchev–Trinajstić information content (AvgIpc) is 3.15. The summed E-state index contributed by atoms with van der Waals surface area (Å²) < 4.78 is 29.2. The van der Waals surface area contributed by atoms with Crippen LogP contribution in [0.3, 0.4) is 0 Å². The summed E-state index contributed by atoms with van der Waals surface area (Å²) in [6, 6.07) is 15.0. The lowest BCUT2D eigenvalue weighted by Gasteiger charge is -2.26. The van der Waals surface area contributed by atoms with E-state index in [-0.39, 0.29) is 0 Å².